The molecule has 0 aromatic heterocycles. The van der Waals surface area contributed by atoms with Crippen molar-refractivity contribution in [2.75, 3.05) is 37.6 Å². The molecule has 18 heavy (non-hydrogen) atoms. The Labute approximate surface area is 105 Å². The molecule has 99 valence electrons. The Morgan fingerprint density at radius 3 is 2.44 bits per heavy atom. The minimum absolute atomic E-state index is 0.636. The number of hydrogen-bond donors (Lipinski definition) is 0. The number of piperazine rings is 1. The zero-order valence-electron chi connectivity index (χ0n) is 10.3. The van der Waals surface area contributed by atoms with Gasteiger partial charge in [0, 0.05) is 31.9 Å². The number of nitrogens with zero attached hydrogens (tertiary/aromatic N) is 2. The summed E-state index contributed by atoms with van der Waals surface area (Å²) in [5, 5.41) is 0. The second-order valence-corrected chi connectivity index (χ2v) is 4.38. The zero-order chi connectivity index (χ0) is 13.2. The number of hydrogen-bond acceptors (Lipinski definition) is 2. The van der Waals surface area contributed by atoms with Crippen molar-refractivity contribution in [2.24, 2.45) is 0 Å². The highest BCUT2D eigenvalue weighted by atomic mass is 19.4. The highest BCUT2D eigenvalue weighted by Gasteiger charge is 2.31. The predicted molar refractivity (Wildman–Crippen MR) is 64.6 cm³/mol. The predicted octanol–water partition coefficient (Wildman–Crippen LogP) is 2.65. The van der Waals surface area contributed by atoms with Gasteiger partial charge >= 0.3 is 6.18 Å². The monoisotopic (exact) mass is 257 g/mol. The maximum absolute atomic E-state index is 12.6. The SMILES string of the molecule is CCN1CCN(c2cc[c]c(C(F)(F)F)c2)CC1. The van der Waals surface area contributed by atoms with E-state index in [4.69, 9.17) is 0 Å². The average molecular weight is 257 g/mol. The Hall–Kier alpha value is -1.23. The number of anilines is 1. The van der Waals surface area contributed by atoms with Gasteiger partial charge in [0.25, 0.3) is 0 Å². The quantitative estimate of drug-likeness (QED) is 0.803. The molecule has 1 heterocycles. The van der Waals surface area contributed by atoms with E-state index in [0.29, 0.717) is 5.69 Å². The van der Waals surface area contributed by atoms with Crippen molar-refractivity contribution in [1.82, 2.24) is 4.90 Å². The van der Waals surface area contributed by atoms with Crippen LogP contribution in [0.15, 0.2) is 18.2 Å². The maximum Gasteiger partial charge on any atom is 0.417 e. The van der Waals surface area contributed by atoms with Crippen molar-refractivity contribution < 1.29 is 13.2 Å². The minimum Gasteiger partial charge on any atom is -0.369 e. The summed E-state index contributed by atoms with van der Waals surface area (Å²) in [4.78, 5) is 4.28. The lowest BCUT2D eigenvalue weighted by molar-refractivity contribution is -0.137. The van der Waals surface area contributed by atoms with Crippen LogP contribution < -0.4 is 4.90 Å². The topological polar surface area (TPSA) is 6.48 Å². The molecule has 2 rings (SSSR count). The molecule has 5 heteroatoms. The number of benzene rings is 1. The molecule has 0 N–H and O–H groups in total. The third-order valence-electron chi connectivity index (χ3n) is 3.28. The van der Waals surface area contributed by atoms with Crippen LogP contribution in [0.3, 0.4) is 0 Å². The summed E-state index contributed by atoms with van der Waals surface area (Å²) >= 11 is 0. The first-order chi connectivity index (χ1) is 8.50. The van der Waals surface area contributed by atoms with Crippen LogP contribution >= 0.6 is 0 Å². The molecule has 1 saturated heterocycles. The Morgan fingerprint density at radius 1 is 1.22 bits per heavy atom. The van der Waals surface area contributed by atoms with Crippen LogP contribution in [-0.2, 0) is 6.18 Å². The molecule has 0 spiro atoms. The summed E-state index contributed by atoms with van der Waals surface area (Å²) in [6.45, 7) is 6.43. The van der Waals surface area contributed by atoms with Crippen LogP contribution in [0, 0.1) is 6.07 Å². The van der Waals surface area contributed by atoms with E-state index < -0.39 is 11.7 Å². The Morgan fingerprint density at radius 2 is 1.89 bits per heavy atom. The van der Waals surface area contributed by atoms with Gasteiger partial charge < -0.3 is 9.80 Å². The van der Waals surface area contributed by atoms with Crippen LogP contribution in [0.2, 0.25) is 0 Å². The van der Waals surface area contributed by atoms with Crippen molar-refractivity contribution >= 4 is 5.69 Å². The fourth-order valence-corrected chi connectivity index (χ4v) is 2.14. The first-order valence-corrected chi connectivity index (χ1v) is 6.07. The fourth-order valence-electron chi connectivity index (χ4n) is 2.14. The van der Waals surface area contributed by atoms with Gasteiger partial charge in [-0.05, 0) is 24.7 Å². The number of likely N-dealkylation sites (N-methyl/N-ethyl adjacent to an activating group) is 1. The lowest BCUT2D eigenvalue weighted by Crippen LogP contribution is -2.46. The van der Waals surface area contributed by atoms with E-state index in [1.54, 1.807) is 6.07 Å². The van der Waals surface area contributed by atoms with E-state index in [-0.39, 0.29) is 0 Å². The van der Waals surface area contributed by atoms with Gasteiger partial charge in [-0.3, -0.25) is 0 Å². The van der Waals surface area contributed by atoms with Gasteiger partial charge in [0.15, 0.2) is 0 Å². The molecular weight excluding hydrogens is 241 g/mol. The lowest BCUT2D eigenvalue weighted by atomic mass is 10.1. The normalized spacial score (nSPS) is 18.1. The Kier molecular flexibility index (Phi) is 3.80. The molecule has 0 aliphatic carbocycles. The van der Waals surface area contributed by atoms with Gasteiger partial charge in [0.1, 0.15) is 0 Å². The van der Waals surface area contributed by atoms with E-state index in [9.17, 15) is 13.2 Å². The highest BCUT2D eigenvalue weighted by Crippen LogP contribution is 2.31. The third kappa shape index (κ3) is 2.96. The largest absolute Gasteiger partial charge is 0.417 e. The van der Waals surface area contributed by atoms with Gasteiger partial charge in [-0.15, -0.1) is 0 Å². The van der Waals surface area contributed by atoms with Crippen molar-refractivity contribution in [3.05, 3.63) is 29.8 Å². The summed E-state index contributed by atoms with van der Waals surface area (Å²) in [6.07, 6.45) is -4.32. The van der Waals surface area contributed by atoms with Gasteiger partial charge in [-0.25, -0.2) is 0 Å². The van der Waals surface area contributed by atoms with Gasteiger partial charge in [0.2, 0.25) is 0 Å². The van der Waals surface area contributed by atoms with Crippen LogP contribution in [-0.4, -0.2) is 37.6 Å². The molecule has 0 atom stereocenters. The molecule has 1 aliphatic rings. The summed E-state index contributed by atoms with van der Waals surface area (Å²) in [7, 11) is 0. The maximum atomic E-state index is 12.6. The molecule has 1 aliphatic heterocycles. The third-order valence-corrected chi connectivity index (χ3v) is 3.28. The van der Waals surface area contributed by atoms with E-state index in [0.717, 1.165) is 32.7 Å². The van der Waals surface area contributed by atoms with Gasteiger partial charge in [-0.1, -0.05) is 13.0 Å². The van der Waals surface area contributed by atoms with Crippen LogP contribution in [0.1, 0.15) is 12.5 Å². The smallest absolute Gasteiger partial charge is 0.369 e. The molecule has 1 aromatic carbocycles. The minimum atomic E-state index is -4.32. The van der Waals surface area contributed by atoms with Crippen LogP contribution in [0.4, 0.5) is 18.9 Å². The molecule has 1 radical (unpaired) electrons. The average Bonchev–Trinajstić information content (AvgIpc) is 2.38. The second kappa shape index (κ2) is 5.18. The van der Waals surface area contributed by atoms with Crippen molar-refractivity contribution in [2.45, 2.75) is 13.1 Å². The van der Waals surface area contributed by atoms with Crippen molar-refractivity contribution in [3.8, 4) is 0 Å². The molecule has 2 nitrogen and oxygen atoms in total. The summed E-state index contributed by atoms with van der Waals surface area (Å²) in [5.74, 6) is 0. The van der Waals surface area contributed by atoms with E-state index >= 15 is 0 Å². The number of rotatable bonds is 2. The molecule has 1 aromatic rings. The fraction of sp³-hybridized carbons (Fsp3) is 0.538. The molecule has 0 bridgehead atoms. The standard InChI is InChI=1S/C13H16F3N2/c1-2-17-6-8-18(9-7-17)12-5-3-4-11(10-12)13(14,15)16/h3,5,10H,2,6-9H2,1H3. The van der Waals surface area contributed by atoms with Crippen molar-refractivity contribution in [3.63, 3.8) is 0 Å². The second-order valence-electron chi connectivity index (χ2n) is 4.38. The first kappa shape index (κ1) is 13.2. The zero-order valence-corrected chi connectivity index (χ0v) is 10.3. The molecular formula is C13H16F3N2. The Balaban J connectivity index is 2.10. The van der Waals surface area contributed by atoms with Crippen LogP contribution in [0.5, 0.6) is 0 Å². The van der Waals surface area contributed by atoms with E-state index in [1.807, 2.05) is 4.90 Å². The lowest BCUT2D eigenvalue weighted by Gasteiger charge is -2.35. The van der Waals surface area contributed by atoms with Gasteiger partial charge in [-0.2, -0.15) is 13.2 Å². The number of halogens is 3. The first-order valence-electron chi connectivity index (χ1n) is 6.07. The molecule has 0 saturated carbocycles. The van der Waals surface area contributed by atoms with Crippen molar-refractivity contribution in [1.29, 1.82) is 0 Å². The summed E-state index contributed by atoms with van der Waals surface area (Å²) < 4.78 is 37.8. The number of alkyl halides is 3. The summed E-state index contributed by atoms with van der Waals surface area (Å²) in [6, 6.07) is 6.47. The molecule has 0 unspecified atom stereocenters. The summed E-state index contributed by atoms with van der Waals surface area (Å²) in [5.41, 5.74) is -0.0604. The molecule has 0 amide bonds. The van der Waals surface area contributed by atoms with E-state index in [2.05, 4.69) is 17.9 Å². The van der Waals surface area contributed by atoms with E-state index in [1.165, 1.54) is 12.1 Å². The highest BCUT2D eigenvalue weighted by molar-refractivity contribution is 5.49. The van der Waals surface area contributed by atoms with Crippen LogP contribution in [0.25, 0.3) is 0 Å². The molecule has 1 fully saturated rings. The Bertz CT molecular complexity index is 395. The van der Waals surface area contributed by atoms with Gasteiger partial charge in [0.05, 0.1) is 5.56 Å².